The van der Waals surface area contributed by atoms with Crippen LogP contribution in [0.3, 0.4) is 0 Å². The van der Waals surface area contributed by atoms with Gasteiger partial charge in [0.05, 0.1) is 5.69 Å². The normalized spacial score (nSPS) is 28.3. The molecule has 0 aliphatic carbocycles. The number of rotatable bonds is 3. The summed E-state index contributed by atoms with van der Waals surface area (Å²) in [6, 6.07) is 6.40. The summed E-state index contributed by atoms with van der Waals surface area (Å²) in [5.41, 5.74) is 3.89. The first kappa shape index (κ1) is 28.5. The standard InChI is InChI=1S/C32H46N6O2/c1-20(2)27-12-9-21(3)15-31(40)38-18-24-16-25(29(38)7-6-8-30(39)35-27)19-37(17-24)32-33-14-13-28(36-32)26-11-10-22(4)34-23(26)5/h10-11,13-14,20-21,24-25,27,29H,6-9,12,15-19H2,1-5H3,(H,35,39)/t21-,24+,25+,27+,29+/m1/s1. The van der Waals surface area contributed by atoms with Crippen LogP contribution < -0.4 is 10.2 Å². The SMILES string of the molecule is Cc1ccc(-c2ccnc(N3C[C@@H]4C[C@@H](C3)[C@@H]3CCCC(=O)N[C@H](C(C)C)CC[C@@H](C)CC(=O)N3C4)n2)c(C)n1. The summed E-state index contributed by atoms with van der Waals surface area (Å²) in [5, 5.41) is 3.29. The number of pyridine rings is 1. The van der Waals surface area contributed by atoms with Gasteiger partial charge in [-0.25, -0.2) is 9.97 Å². The van der Waals surface area contributed by atoms with Crippen LogP contribution in [0.5, 0.6) is 0 Å². The number of fused-ring (bicyclic) bond motifs is 4. The highest BCUT2D eigenvalue weighted by atomic mass is 16.2. The smallest absolute Gasteiger partial charge is 0.225 e. The first-order valence-corrected chi connectivity index (χ1v) is 15.3. The van der Waals surface area contributed by atoms with Gasteiger partial charge in [0.25, 0.3) is 0 Å². The van der Waals surface area contributed by atoms with E-state index in [1.807, 2.05) is 32.2 Å². The van der Waals surface area contributed by atoms with Crippen molar-refractivity contribution in [3.63, 3.8) is 0 Å². The van der Waals surface area contributed by atoms with Crippen LogP contribution in [0.1, 0.15) is 77.1 Å². The molecule has 40 heavy (non-hydrogen) atoms. The van der Waals surface area contributed by atoms with E-state index in [-0.39, 0.29) is 18.0 Å². The highest BCUT2D eigenvalue weighted by Gasteiger charge is 2.43. The third-order valence-electron chi connectivity index (χ3n) is 9.26. The molecule has 8 heteroatoms. The van der Waals surface area contributed by atoms with Crippen LogP contribution in [0.25, 0.3) is 11.3 Å². The summed E-state index contributed by atoms with van der Waals surface area (Å²) in [6.45, 7) is 13.0. The Kier molecular flexibility index (Phi) is 8.71. The minimum absolute atomic E-state index is 0.147. The molecule has 0 radical (unpaired) electrons. The molecule has 0 unspecified atom stereocenters. The zero-order valence-electron chi connectivity index (χ0n) is 24.9. The number of carbonyl (C=O) groups excluding carboxylic acids is 2. The van der Waals surface area contributed by atoms with Crippen molar-refractivity contribution in [2.24, 2.45) is 23.7 Å². The van der Waals surface area contributed by atoms with E-state index in [9.17, 15) is 9.59 Å². The average molecular weight is 547 g/mol. The van der Waals surface area contributed by atoms with E-state index < -0.39 is 0 Å². The third-order valence-corrected chi connectivity index (χ3v) is 9.26. The lowest BCUT2D eigenvalue weighted by Gasteiger charge is -2.51. The topological polar surface area (TPSA) is 91.3 Å². The molecular weight excluding hydrogens is 500 g/mol. The Labute approximate surface area is 239 Å². The number of hydrogen-bond donors (Lipinski definition) is 1. The minimum atomic E-state index is 0.147. The summed E-state index contributed by atoms with van der Waals surface area (Å²) in [4.78, 5) is 45.3. The molecule has 2 bridgehead atoms. The van der Waals surface area contributed by atoms with Crippen LogP contribution >= 0.6 is 0 Å². The van der Waals surface area contributed by atoms with Crippen LogP contribution in [0, 0.1) is 37.5 Å². The van der Waals surface area contributed by atoms with Crippen LogP contribution in [0.4, 0.5) is 5.95 Å². The molecule has 1 N–H and O–H groups in total. The van der Waals surface area contributed by atoms with Crippen molar-refractivity contribution in [1.82, 2.24) is 25.2 Å². The lowest BCUT2D eigenvalue weighted by molar-refractivity contribution is -0.139. The molecule has 5 rings (SSSR count). The molecule has 3 aliphatic rings. The fourth-order valence-corrected chi connectivity index (χ4v) is 7.08. The molecular formula is C32H46N6O2. The highest BCUT2D eigenvalue weighted by Crippen LogP contribution is 2.38. The third kappa shape index (κ3) is 6.47. The van der Waals surface area contributed by atoms with E-state index >= 15 is 0 Å². The maximum Gasteiger partial charge on any atom is 0.225 e. The first-order valence-electron chi connectivity index (χ1n) is 15.3. The van der Waals surface area contributed by atoms with Crippen molar-refractivity contribution >= 4 is 17.8 Å². The number of hydrogen-bond acceptors (Lipinski definition) is 6. The van der Waals surface area contributed by atoms with Crippen LogP contribution in [-0.2, 0) is 9.59 Å². The van der Waals surface area contributed by atoms with Gasteiger partial charge in [-0.05, 0) is 87.8 Å². The van der Waals surface area contributed by atoms with Crippen molar-refractivity contribution in [3.05, 3.63) is 35.8 Å². The molecule has 3 aliphatic heterocycles. The van der Waals surface area contributed by atoms with Gasteiger partial charge in [-0.1, -0.05) is 20.8 Å². The number of aromatic nitrogens is 3. The lowest BCUT2D eigenvalue weighted by Crippen LogP contribution is -2.59. The van der Waals surface area contributed by atoms with Crippen LogP contribution in [0.15, 0.2) is 24.4 Å². The molecule has 8 nitrogen and oxygen atoms in total. The van der Waals surface area contributed by atoms with E-state index in [1.54, 1.807) is 0 Å². The van der Waals surface area contributed by atoms with Gasteiger partial charge < -0.3 is 15.1 Å². The van der Waals surface area contributed by atoms with Gasteiger partial charge in [-0.3, -0.25) is 14.6 Å². The summed E-state index contributed by atoms with van der Waals surface area (Å²) in [5.74, 6) is 2.63. The Hall–Kier alpha value is -3.03. The highest BCUT2D eigenvalue weighted by molar-refractivity contribution is 5.77. The number of nitrogens with one attached hydrogen (secondary N) is 1. The minimum Gasteiger partial charge on any atom is -0.353 e. The number of carbonyl (C=O) groups is 2. The van der Waals surface area contributed by atoms with Gasteiger partial charge in [-0.15, -0.1) is 0 Å². The fourth-order valence-electron chi connectivity index (χ4n) is 7.08. The second-order valence-electron chi connectivity index (χ2n) is 12.9. The average Bonchev–Trinajstić information content (AvgIpc) is 2.92. The Morgan fingerprint density at radius 1 is 1.00 bits per heavy atom. The predicted molar refractivity (Wildman–Crippen MR) is 158 cm³/mol. The van der Waals surface area contributed by atoms with E-state index in [0.29, 0.717) is 42.4 Å². The molecule has 3 fully saturated rings. The maximum atomic E-state index is 13.7. The summed E-state index contributed by atoms with van der Waals surface area (Å²) >= 11 is 0. The zero-order chi connectivity index (χ0) is 28.4. The molecule has 216 valence electrons. The Morgan fingerprint density at radius 3 is 2.60 bits per heavy atom. The van der Waals surface area contributed by atoms with Crippen molar-refractivity contribution < 1.29 is 9.59 Å². The zero-order valence-corrected chi connectivity index (χ0v) is 24.9. The molecule has 3 saturated heterocycles. The molecule has 0 saturated carbocycles. The van der Waals surface area contributed by atoms with Gasteiger partial charge in [0.1, 0.15) is 0 Å². The maximum absolute atomic E-state index is 13.7. The molecule has 5 heterocycles. The van der Waals surface area contributed by atoms with Crippen LogP contribution in [-0.4, -0.2) is 63.4 Å². The van der Waals surface area contributed by atoms with Crippen LogP contribution in [0.2, 0.25) is 0 Å². The fraction of sp³-hybridized carbons (Fsp3) is 0.656. The summed E-state index contributed by atoms with van der Waals surface area (Å²) < 4.78 is 0. The largest absolute Gasteiger partial charge is 0.353 e. The van der Waals surface area contributed by atoms with Gasteiger partial charge in [0.2, 0.25) is 17.8 Å². The number of piperidine rings is 2. The molecule has 2 amide bonds. The molecule has 0 aromatic carbocycles. The van der Waals surface area contributed by atoms with Crippen molar-refractivity contribution in [2.45, 2.75) is 91.6 Å². The van der Waals surface area contributed by atoms with Crippen molar-refractivity contribution in [1.29, 1.82) is 0 Å². The Balaban J connectivity index is 1.35. The molecule has 2 aromatic heterocycles. The van der Waals surface area contributed by atoms with E-state index in [1.165, 1.54) is 0 Å². The Bertz CT molecular complexity index is 1220. The summed E-state index contributed by atoms with van der Waals surface area (Å²) in [7, 11) is 0. The quantitative estimate of drug-likeness (QED) is 0.586. The van der Waals surface area contributed by atoms with Crippen molar-refractivity contribution in [3.8, 4) is 11.3 Å². The van der Waals surface area contributed by atoms with E-state index in [2.05, 4.69) is 51.9 Å². The van der Waals surface area contributed by atoms with Gasteiger partial charge in [-0.2, -0.15) is 0 Å². The van der Waals surface area contributed by atoms with Gasteiger partial charge in [0, 0.05) is 67.7 Å². The predicted octanol–water partition coefficient (Wildman–Crippen LogP) is 4.94. The lowest BCUT2D eigenvalue weighted by atomic mass is 9.77. The monoisotopic (exact) mass is 546 g/mol. The summed E-state index contributed by atoms with van der Waals surface area (Å²) in [6.07, 6.45) is 7.62. The van der Waals surface area contributed by atoms with E-state index in [0.717, 1.165) is 80.3 Å². The number of aryl methyl sites for hydroxylation is 2. The second kappa shape index (κ2) is 12.2. The molecule has 5 atom stereocenters. The second-order valence-corrected chi connectivity index (χ2v) is 12.9. The van der Waals surface area contributed by atoms with Gasteiger partial charge in [0.15, 0.2) is 0 Å². The molecule has 0 spiro atoms. The number of amides is 2. The number of nitrogens with zero attached hydrogens (tertiary/aromatic N) is 5. The van der Waals surface area contributed by atoms with Crippen molar-refractivity contribution in [2.75, 3.05) is 24.5 Å². The van der Waals surface area contributed by atoms with E-state index in [4.69, 9.17) is 4.98 Å². The Morgan fingerprint density at radius 2 is 1.82 bits per heavy atom. The number of anilines is 1. The first-order chi connectivity index (χ1) is 19.2. The van der Waals surface area contributed by atoms with Gasteiger partial charge >= 0.3 is 0 Å². The molecule has 2 aromatic rings.